The molecular formula is C30H21Cl3N4O2S. The lowest BCUT2D eigenvalue weighted by molar-refractivity contribution is 0.0955. The molecule has 0 bridgehead atoms. The van der Waals surface area contributed by atoms with E-state index in [4.69, 9.17) is 39.5 Å². The number of nitrogens with zero attached hydrogens (tertiary/aromatic N) is 2. The van der Waals surface area contributed by atoms with Gasteiger partial charge in [-0.1, -0.05) is 65.1 Å². The number of rotatable bonds is 9. The summed E-state index contributed by atoms with van der Waals surface area (Å²) in [4.78, 5) is 17.3. The van der Waals surface area contributed by atoms with Crippen molar-refractivity contribution in [1.29, 1.82) is 0 Å². The molecule has 0 aliphatic heterocycles. The molecule has 0 radical (unpaired) electrons. The van der Waals surface area contributed by atoms with Gasteiger partial charge in [0.15, 0.2) is 5.13 Å². The fourth-order valence-corrected chi connectivity index (χ4v) is 4.83. The smallest absolute Gasteiger partial charge is 0.271 e. The Kier molecular flexibility index (Phi) is 8.98. The van der Waals surface area contributed by atoms with Crippen LogP contribution in [0.4, 0.5) is 10.8 Å². The minimum absolute atomic E-state index is 0.304. The topological polar surface area (TPSA) is 75.6 Å². The van der Waals surface area contributed by atoms with Gasteiger partial charge in [-0.25, -0.2) is 10.4 Å². The summed E-state index contributed by atoms with van der Waals surface area (Å²) in [6.07, 6.45) is 1.54. The molecule has 5 aromatic rings. The van der Waals surface area contributed by atoms with Gasteiger partial charge in [-0.15, -0.1) is 11.3 Å². The Morgan fingerprint density at radius 3 is 2.48 bits per heavy atom. The van der Waals surface area contributed by atoms with Crippen molar-refractivity contribution in [2.45, 2.75) is 6.61 Å². The van der Waals surface area contributed by atoms with Gasteiger partial charge in [0, 0.05) is 32.8 Å². The Morgan fingerprint density at radius 1 is 0.925 bits per heavy atom. The molecular weight excluding hydrogens is 587 g/mol. The average molecular weight is 608 g/mol. The number of ether oxygens (including phenoxy) is 1. The number of hydrogen-bond donors (Lipinski definition) is 2. The summed E-state index contributed by atoms with van der Waals surface area (Å²) in [5.74, 6) is 0.282. The van der Waals surface area contributed by atoms with Gasteiger partial charge in [0.05, 0.1) is 22.0 Å². The molecule has 6 nitrogen and oxygen atoms in total. The molecule has 0 atom stereocenters. The first-order valence-electron chi connectivity index (χ1n) is 12.0. The summed E-state index contributed by atoms with van der Waals surface area (Å²) in [6, 6.07) is 27.3. The average Bonchev–Trinajstić information content (AvgIpc) is 3.44. The number of benzene rings is 4. The van der Waals surface area contributed by atoms with Crippen LogP contribution in [-0.2, 0) is 6.61 Å². The van der Waals surface area contributed by atoms with E-state index >= 15 is 0 Å². The number of anilines is 2. The second-order valence-electron chi connectivity index (χ2n) is 8.52. The third-order valence-electron chi connectivity index (χ3n) is 5.71. The van der Waals surface area contributed by atoms with E-state index in [0.29, 0.717) is 38.6 Å². The fourth-order valence-electron chi connectivity index (χ4n) is 3.65. The molecule has 0 saturated carbocycles. The van der Waals surface area contributed by atoms with Crippen LogP contribution in [0, 0.1) is 0 Å². The maximum Gasteiger partial charge on any atom is 0.271 e. The maximum atomic E-state index is 12.7. The second kappa shape index (κ2) is 13.0. The molecule has 1 aromatic heterocycles. The molecule has 10 heteroatoms. The first-order chi connectivity index (χ1) is 19.4. The molecule has 1 heterocycles. The van der Waals surface area contributed by atoms with Crippen LogP contribution in [-0.4, -0.2) is 17.1 Å². The number of carbonyl (C=O) groups excluding carboxylic acids is 1. The van der Waals surface area contributed by atoms with E-state index in [1.807, 2.05) is 72.1 Å². The number of aromatic nitrogens is 1. The van der Waals surface area contributed by atoms with Gasteiger partial charge in [0.25, 0.3) is 5.91 Å². The number of amides is 1. The highest BCUT2D eigenvalue weighted by atomic mass is 35.5. The van der Waals surface area contributed by atoms with Crippen molar-refractivity contribution in [1.82, 2.24) is 10.4 Å². The van der Waals surface area contributed by atoms with Crippen LogP contribution < -0.4 is 15.5 Å². The molecule has 200 valence electrons. The molecule has 0 fully saturated rings. The van der Waals surface area contributed by atoms with E-state index in [-0.39, 0.29) is 5.91 Å². The summed E-state index contributed by atoms with van der Waals surface area (Å²) >= 11 is 19.5. The number of hydrogen-bond acceptors (Lipinski definition) is 6. The Balaban J connectivity index is 1.17. The summed E-state index contributed by atoms with van der Waals surface area (Å²) in [5, 5.41) is 11.7. The summed E-state index contributed by atoms with van der Waals surface area (Å²) in [6.45, 7) is 0.304. The summed E-state index contributed by atoms with van der Waals surface area (Å²) in [5.41, 5.74) is 7.24. The van der Waals surface area contributed by atoms with Crippen molar-refractivity contribution in [2.75, 3.05) is 5.32 Å². The molecule has 40 heavy (non-hydrogen) atoms. The third kappa shape index (κ3) is 7.20. The van der Waals surface area contributed by atoms with Gasteiger partial charge < -0.3 is 10.1 Å². The number of para-hydroxylation sites is 1. The van der Waals surface area contributed by atoms with Gasteiger partial charge in [0.2, 0.25) is 0 Å². The van der Waals surface area contributed by atoms with E-state index < -0.39 is 0 Å². The van der Waals surface area contributed by atoms with Crippen molar-refractivity contribution < 1.29 is 9.53 Å². The SMILES string of the molecule is O=C(N/N=C\c1ccccc1OCc1ccc(Cl)c(Cl)c1)c1ccc(-c2csc(Nc3ccc(Cl)cc3)n2)cc1. The molecule has 4 aromatic carbocycles. The minimum atomic E-state index is -0.333. The zero-order valence-corrected chi connectivity index (χ0v) is 23.9. The number of nitrogens with one attached hydrogen (secondary N) is 2. The molecule has 0 saturated heterocycles. The Hall–Kier alpha value is -3.88. The van der Waals surface area contributed by atoms with Crippen LogP contribution in [0.15, 0.2) is 101 Å². The number of halogens is 3. The largest absolute Gasteiger partial charge is 0.488 e. The third-order valence-corrected chi connectivity index (χ3v) is 7.46. The zero-order valence-electron chi connectivity index (χ0n) is 20.8. The Morgan fingerprint density at radius 2 is 1.70 bits per heavy atom. The van der Waals surface area contributed by atoms with E-state index in [0.717, 1.165) is 27.6 Å². The molecule has 2 N–H and O–H groups in total. The van der Waals surface area contributed by atoms with Gasteiger partial charge in [-0.2, -0.15) is 5.10 Å². The molecule has 0 unspecified atom stereocenters. The molecule has 1 amide bonds. The standard InChI is InChI=1S/C30H21Cl3N4O2S/c31-23-10-12-24(13-11-23)35-30-36-27(18-40-30)20-6-8-21(9-7-20)29(38)37-34-16-22-3-1-2-4-28(22)39-17-19-5-14-25(32)26(33)15-19/h1-16,18H,17H2,(H,35,36)(H,37,38)/b34-16-. The Labute approximate surface area is 250 Å². The van der Waals surface area contributed by atoms with Crippen molar-refractivity contribution in [3.05, 3.63) is 128 Å². The highest BCUT2D eigenvalue weighted by molar-refractivity contribution is 7.14. The van der Waals surface area contributed by atoms with Gasteiger partial charge in [0.1, 0.15) is 12.4 Å². The fraction of sp³-hybridized carbons (Fsp3) is 0.0333. The Bertz CT molecular complexity index is 1650. The zero-order chi connectivity index (χ0) is 27.9. The van der Waals surface area contributed by atoms with Gasteiger partial charge in [-0.3, -0.25) is 4.79 Å². The highest BCUT2D eigenvalue weighted by Crippen LogP contribution is 2.28. The quantitative estimate of drug-likeness (QED) is 0.130. The monoisotopic (exact) mass is 606 g/mol. The lowest BCUT2D eigenvalue weighted by Gasteiger charge is -2.09. The normalized spacial score (nSPS) is 11.0. The summed E-state index contributed by atoms with van der Waals surface area (Å²) in [7, 11) is 0. The highest BCUT2D eigenvalue weighted by Gasteiger charge is 2.09. The van der Waals surface area contributed by atoms with E-state index in [2.05, 4.69) is 20.8 Å². The first-order valence-corrected chi connectivity index (χ1v) is 14.0. The van der Waals surface area contributed by atoms with Crippen molar-refractivity contribution in [3.63, 3.8) is 0 Å². The minimum Gasteiger partial charge on any atom is -0.488 e. The van der Waals surface area contributed by atoms with Crippen LogP contribution in [0.3, 0.4) is 0 Å². The number of carbonyl (C=O) groups is 1. The summed E-state index contributed by atoms with van der Waals surface area (Å²) < 4.78 is 5.93. The van der Waals surface area contributed by atoms with Crippen molar-refractivity contribution >= 4 is 69.1 Å². The maximum absolute atomic E-state index is 12.7. The molecule has 0 spiro atoms. The van der Waals surface area contributed by atoms with Gasteiger partial charge in [-0.05, 0) is 66.2 Å². The van der Waals surface area contributed by atoms with E-state index in [9.17, 15) is 4.79 Å². The first kappa shape index (κ1) is 27.7. The van der Waals surface area contributed by atoms with Crippen LogP contribution in [0.2, 0.25) is 15.1 Å². The predicted molar refractivity (Wildman–Crippen MR) is 165 cm³/mol. The van der Waals surface area contributed by atoms with E-state index in [1.165, 1.54) is 11.3 Å². The number of hydrazone groups is 1. The van der Waals surface area contributed by atoms with Crippen LogP contribution in [0.5, 0.6) is 5.75 Å². The van der Waals surface area contributed by atoms with Crippen molar-refractivity contribution in [3.8, 4) is 17.0 Å². The van der Waals surface area contributed by atoms with Gasteiger partial charge >= 0.3 is 0 Å². The van der Waals surface area contributed by atoms with Crippen LogP contribution >= 0.6 is 46.1 Å². The number of thiazole rings is 1. The lowest BCUT2D eigenvalue weighted by atomic mass is 10.1. The molecule has 5 rings (SSSR count). The molecule has 0 aliphatic carbocycles. The van der Waals surface area contributed by atoms with Crippen LogP contribution in [0.25, 0.3) is 11.3 Å². The lowest BCUT2D eigenvalue weighted by Crippen LogP contribution is -2.17. The van der Waals surface area contributed by atoms with Crippen molar-refractivity contribution in [2.24, 2.45) is 5.10 Å². The second-order valence-corrected chi connectivity index (χ2v) is 10.6. The van der Waals surface area contributed by atoms with Crippen LogP contribution in [0.1, 0.15) is 21.5 Å². The molecule has 0 aliphatic rings. The van der Waals surface area contributed by atoms with E-state index in [1.54, 1.807) is 30.5 Å². The predicted octanol–water partition coefficient (Wildman–Crippen LogP) is 8.86.